The molecule has 0 N–H and O–H groups in total. The predicted octanol–water partition coefficient (Wildman–Crippen LogP) is 3.96. The Morgan fingerprint density at radius 2 is 0.667 bits per heavy atom. The molecule has 0 spiro atoms. The molecule has 0 unspecified atom stereocenters. The Balaban J connectivity index is -0.0000000133. The molecule has 0 saturated heterocycles. The monoisotopic (exact) mass is 209 g/mol. The van der Waals surface area contributed by atoms with Crippen LogP contribution >= 0.6 is 0 Å². The van der Waals surface area contributed by atoms with Crippen LogP contribution in [0.25, 0.3) is 0 Å². The summed E-state index contributed by atoms with van der Waals surface area (Å²) < 4.78 is 0. The Bertz CT molecular complexity index is 20.0. The van der Waals surface area contributed by atoms with Crippen LogP contribution in [0.5, 0.6) is 0 Å². The fraction of sp³-hybridized carbons (Fsp3) is 1.00. The molecule has 0 aromatic carbocycles. The van der Waals surface area contributed by atoms with Gasteiger partial charge < -0.3 is 0 Å². The maximum atomic E-state index is 2.19. The first kappa shape index (κ1) is 32.1. The van der Waals surface area contributed by atoms with Crippen molar-refractivity contribution in [2.45, 2.75) is 50.0 Å². The van der Waals surface area contributed by atoms with E-state index in [9.17, 15) is 0 Å². The molecule has 0 aliphatic heterocycles. The Morgan fingerprint density at radius 1 is 0.667 bits per heavy atom. The van der Waals surface area contributed by atoms with E-state index in [1.54, 1.807) is 0 Å². The van der Waals surface area contributed by atoms with E-state index in [0.29, 0.717) is 5.41 Å². The van der Waals surface area contributed by atoms with Crippen LogP contribution in [0.3, 0.4) is 0 Å². The first-order valence-corrected chi connectivity index (χ1v) is 2.00. The summed E-state index contributed by atoms with van der Waals surface area (Å²) in [5.74, 6) is 0. The van der Waals surface area contributed by atoms with E-state index in [1.807, 2.05) is 0 Å². The molecule has 0 aromatic heterocycles. The van der Waals surface area contributed by atoms with Crippen molar-refractivity contribution in [3.63, 3.8) is 0 Å². The summed E-state index contributed by atoms with van der Waals surface area (Å²) in [5, 5.41) is 0. The second kappa shape index (κ2) is 11.8. The maximum Gasteiger partial charge on any atom is 0 e. The van der Waals surface area contributed by atoms with Crippen molar-refractivity contribution < 1.29 is 32.7 Å². The van der Waals surface area contributed by atoms with Crippen LogP contribution in [-0.2, 0) is 32.7 Å². The molecule has 0 rings (SSSR count). The average molecular weight is 209 g/mol. The summed E-state index contributed by atoms with van der Waals surface area (Å²) >= 11 is 0. The first-order valence-electron chi connectivity index (χ1n) is 2.00. The minimum Gasteiger partial charge on any atom is -0.0776 e. The molecule has 0 aliphatic rings. The third-order valence-corrected chi connectivity index (χ3v) is 0. The van der Waals surface area contributed by atoms with Crippen molar-refractivity contribution >= 4 is 0 Å². The number of hydrogen-bond donors (Lipinski definition) is 0. The van der Waals surface area contributed by atoms with Crippen LogP contribution in [0.15, 0.2) is 0 Å². The Hall–Kier alpha value is 1.10. The molecule has 0 heterocycles. The fourth-order valence-corrected chi connectivity index (χ4v) is 0. The Morgan fingerprint density at radius 3 is 0.667 bits per heavy atom. The second-order valence-electron chi connectivity index (χ2n) is 3.00. The summed E-state index contributed by atoms with van der Waals surface area (Å²) in [5.41, 5.74) is 0.500. The molecule has 0 nitrogen and oxygen atoms in total. The molecule has 0 bridgehead atoms. The largest absolute Gasteiger partial charge is 0.0776 e. The molecule has 0 fully saturated rings. The van der Waals surface area contributed by atoms with Crippen LogP contribution < -0.4 is 0 Å². The second-order valence-corrected chi connectivity index (χ2v) is 3.00. The Kier molecular flexibility index (Phi) is 42.3. The van der Waals surface area contributed by atoms with Crippen molar-refractivity contribution in [3.8, 4) is 0 Å². The van der Waals surface area contributed by atoms with Crippen LogP contribution in [0.4, 0.5) is 0 Å². The van der Waals surface area contributed by atoms with Gasteiger partial charge in [0.05, 0.1) is 0 Å². The number of hydrogen-bond acceptors (Lipinski definition) is 0. The third kappa shape index (κ3) is 377. The van der Waals surface area contributed by atoms with E-state index < -0.39 is 0 Å². The summed E-state index contributed by atoms with van der Waals surface area (Å²) in [6.07, 6.45) is 0. The molecule has 0 amide bonds. The molecule has 9 heavy (non-hydrogen) atoms. The van der Waals surface area contributed by atoms with Crippen molar-refractivity contribution in [2.24, 2.45) is 5.41 Å². The molecule has 1 heteroatoms. The predicted molar refractivity (Wildman–Crippen MR) is 45.3 cm³/mol. The molecular weight excluding hydrogens is 185 g/mol. The van der Waals surface area contributed by atoms with Gasteiger partial charge in [-0.2, -0.15) is 0 Å². The van der Waals surface area contributed by atoms with E-state index in [1.165, 1.54) is 0 Å². The quantitative estimate of drug-likeness (QED) is 0.566. The first-order chi connectivity index (χ1) is 2.00. The minimum absolute atomic E-state index is 0. The van der Waals surface area contributed by atoms with Crippen molar-refractivity contribution in [2.75, 3.05) is 0 Å². The van der Waals surface area contributed by atoms with E-state index in [-0.39, 0.29) is 55.0 Å². The molecule has 0 saturated carbocycles. The summed E-state index contributed by atoms with van der Waals surface area (Å²) in [6, 6.07) is 0. The van der Waals surface area contributed by atoms with Crippen molar-refractivity contribution in [3.05, 3.63) is 0 Å². The summed E-state index contributed by atoms with van der Waals surface area (Å²) in [6.45, 7) is 8.75. The summed E-state index contributed by atoms with van der Waals surface area (Å²) in [4.78, 5) is 0. The standard InChI is InChI=1S/C5H12.3CH4.Y/c1-5(2,3)4;;;;/h1-4H3;3*1H4;. The average Bonchev–Trinajstić information content (AvgIpc) is 0.722. The fourth-order valence-electron chi connectivity index (χ4n) is 0. The van der Waals surface area contributed by atoms with Crippen molar-refractivity contribution in [1.82, 2.24) is 0 Å². The van der Waals surface area contributed by atoms with E-state index in [2.05, 4.69) is 27.7 Å². The molecule has 0 aliphatic carbocycles. The van der Waals surface area contributed by atoms with Crippen LogP contribution in [0.2, 0.25) is 0 Å². The van der Waals surface area contributed by atoms with Gasteiger partial charge in [-0.05, 0) is 5.41 Å². The maximum absolute atomic E-state index is 2.19. The topological polar surface area (TPSA) is 0 Å². The minimum atomic E-state index is 0. The van der Waals surface area contributed by atoms with Gasteiger partial charge in [0.15, 0.2) is 0 Å². The van der Waals surface area contributed by atoms with Gasteiger partial charge in [0.25, 0.3) is 0 Å². The number of rotatable bonds is 0. The molecule has 0 aromatic rings. The van der Waals surface area contributed by atoms with E-state index >= 15 is 0 Å². The normalized spacial score (nSPS) is 6.67. The van der Waals surface area contributed by atoms with Gasteiger partial charge in [-0.1, -0.05) is 50.0 Å². The van der Waals surface area contributed by atoms with Gasteiger partial charge in [-0.3, -0.25) is 0 Å². The van der Waals surface area contributed by atoms with Gasteiger partial charge in [0.1, 0.15) is 0 Å². The zero-order chi connectivity index (χ0) is 4.50. The molecule has 0 atom stereocenters. The van der Waals surface area contributed by atoms with Gasteiger partial charge in [0, 0.05) is 32.7 Å². The molecular formula is C8H24Y. The molecule has 1 radical (unpaired) electrons. The smallest absolute Gasteiger partial charge is 0 e. The van der Waals surface area contributed by atoms with Gasteiger partial charge >= 0.3 is 0 Å². The SMILES string of the molecule is C.C.C.CC(C)(C)C.[Y]. The van der Waals surface area contributed by atoms with E-state index in [0.717, 1.165) is 0 Å². The van der Waals surface area contributed by atoms with Crippen LogP contribution in [0.1, 0.15) is 50.0 Å². The molecule has 59 valence electrons. The third-order valence-electron chi connectivity index (χ3n) is 0. The van der Waals surface area contributed by atoms with E-state index in [4.69, 9.17) is 0 Å². The summed E-state index contributed by atoms with van der Waals surface area (Å²) in [7, 11) is 0. The van der Waals surface area contributed by atoms with Crippen LogP contribution in [-0.4, -0.2) is 0 Å². The zero-order valence-electron chi connectivity index (χ0n) is 5.08. The zero-order valence-corrected chi connectivity index (χ0v) is 7.92. The Labute approximate surface area is 87.7 Å². The van der Waals surface area contributed by atoms with Crippen LogP contribution in [0, 0.1) is 5.41 Å². The van der Waals surface area contributed by atoms with Gasteiger partial charge in [-0.25, -0.2) is 0 Å². The van der Waals surface area contributed by atoms with Crippen molar-refractivity contribution in [1.29, 1.82) is 0 Å². The van der Waals surface area contributed by atoms with Gasteiger partial charge in [0.2, 0.25) is 0 Å². The van der Waals surface area contributed by atoms with Gasteiger partial charge in [-0.15, -0.1) is 0 Å².